The summed E-state index contributed by atoms with van der Waals surface area (Å²) in [5.41, 5.74) is 3.74. The van der Waals surface area contributed by atoms with E-state index in [-0.39, 0.29) is 39.1 Å². The Kier molecular flexibility index (Phi) is 7.99. The number of para-hydroxylation sites is 2. The van der Waals surface area contributed by atoms with E-state index in [1.165, 1.54) is 54.9 Å². The lowest BCUT2D eigenvalue weighted by Crippen LogP contribution is -2.27. The van der Waals surface area contributed by atoms with Gasteiger partial charge in [-0.1, -0.05) is 24.3 Å². The normalized spacial score (nSPS) is 11.2. The first-order valence-corrected chi connectivity index (χ1v) is 11.7. The topological polar surface area (TPSA) is 174 Å². The third-order valence-corrected chi connectivity index (χ3v) is 5.78. The maximum atomic E-state index is 14.9. The van der Waals surface area contributed by atoms with Crippen molar-refractivity contribution in [3.05, 3.63) is 120 Å². The van der Waals surface area contributed by atoms with E-state index in [2.05, 4.69) is 21.1 Å². The van der Waals surface area contributed by atoms with E-state index in [0.717, 1.165) is 12.3 Å². The quantitative estimate of drug-likeness (QED) is 0.180. The summed E-state index contributed by atoms with van der Waals surface area (Å²) >= 11 is 0. The Morgan fingerprint density at radius 2 is 1.55 bits per heavy atom. The van der Waals surface area contributed by atoms with Crippen LogP contribution >= 0.6 is 0 Å². The summed E-state index contributed by atoms with van der Waals surface area (Å²) in [5.74, 6) is -1.74. The summed E-state index contributed by atoms with van der Waals surface area (Å²) in [4.78, 5) is 47.0. The van der Waals surface area contributed by atoms with Crippen LogP contribution in [-0.2, 0) is 6.54 Å². The van der Waals surface area contributed by atoms with Crippen LogP contribution in [0.4, 0.5) is 21.5 Å². The average Bonchev–Trinajstić information content (AvgIpc) is 2.94. The molecule has 4 rings (SSSR count). The number of nitro groups is 2. The van der Waals surface area contributed by atoms with Crippen molar-refractivity contribution >= 4 is 46.3 Å². The van der Waals surface area contributed by atoms with E-state index in [0.29, 0.717) is 12.1 Å². The van der Waals surface area contributed by atoms with Crippen molar-refractivity contribution in [2.75, 3.05) is 5.43 Å². The zero-order valence-corrected chi connectivity index (χ0v) is 20.8. The van der Waals surface area contributed by atoms with E-state index in [1.807, 2.05) is 0 Å². The van der Waals surface area contributed by atoms with Crippen LogP contribution in [-0.4, -0.2) is 32.8 Å². The molecule has 1 aromatic heterocycles. The monoisotopic (exact) mass is 545 g/mol. The first-order valence-electron chi connectivity index (χ1n) is 11.7. The molecule has 0 fully saturated rings. The maximum Gasteiger partial charge on any atom is 0.278 e. The standard InChI is InChI=1S/C26H20FN7O6/c1-2-32-15-19(26(36)31-29-14-17-8-4-6-10-23(17)34(39)40)25(35)18-11-20(27)21(12-24(18)32)30-28-13-16-7-3-5-9-22(16)33(37)38/h3-15,30H,2H2,1H3,(H,31,36)/b28-13-,29-14-. The first kappa shape index (κ1) is 27.3. The molecule has 13 nitrogen and oxygen atoms in total. The van der Waals surface area contributed by atoms with Gasteiger partial charge >= 0.3 is 0 Å². The van der Waals surface area contributed by atoms with E-state index in [4.69, 9.17) is 0 Å². The van der Waals surface area contributed by atoms with Crippen LogP contribution in [0.2, 0.25) is 0 Å². The predicted molar refractivity (Wildman–Crippen MR) is 146 cm³/mol. The summed E-state index contributed by atoms with van der Waals surface area (Å²) < 4.78 is 16.5. The van der Waals surface area contributed by atoms with Gasteiger partial charge in [-0.2, -0.15) is 10.2 Å². The minimum atomic E-state index is -0.888. The second-order valence-electron chi connectivity index (χ2n) is 8.21. The van der Waals surface area contributed by atoms with Crippen LogP contribution in [0.1, 0.15) is 28.4 Å². The molecule has 4 aromatic rings. The van der Waals surface area contributed by atoms with Gasteiger partial charge in [0.15, 0.2) is 0 Å². The molecule has 0 aliphatic heterocycles. The number of carbonyl (C=O) groups excluding carboxylic acids is 1. The van der Waals surface area contributed by atoms with Gasteiger partial charge in [-0.05, 0) is 31.2 Å². The Bertz CT molecular complexity index is 1770. The van der Waals surface area contributed by atoms with Crippen LogP contribution in [0.25, 0.3) is 10.9 Å². The lowest BCUT2D eigenvalue weighted by Gasteiger charge is -2.13. The second kappa shape index (κ2) is 11.7. The molecule has 40 heavy (non-hydrogen) atoms. The number of hydrogen-bond donors (Lipinski definition) is 2. The first-order chi connectivity index (χ1) is 19.2. The van der Waals surface area contributed by atoms with Crippen LogP contribution in [0.5, 0.6) is 0 Å². The van der Waals surface area contributed by atoms with E-state index < -0.39 is 27.0 Å². The number of aryl methyl sites for hydroxylation is 1. The van der Waals surface area contributed by atoms with Crippen molar-refractivity contribution in [2.24, 2.45) is 10.2 Å². The zero-order valence-electron chi connectivity index (χ0n) is 20.8. The number of halogens is 1. The molecule has 2 N–H and O–H groups in total. The predicted octanol–water partition coefficient (Wildman–Crippen LogP) is 4.19. The minimum Gasteiger partial charge on any atom is -0.347 e. The number of hydrazone groups is 2. The third kappa shape index (κ3) is 5.70. The molecule has 0 radical (unpaired) electrons. The molecule has 0 spiro atoms. The molecule has 14 heteroatoms. The van der Waals surface area contributed by atoms with Crippen molar-refractivity contribution < 1.29 is 19.0 Å². The number of benzene rings is 3. The van der Waals surface area contributed by atoms with Crippen molar-refractivity contribution in [3.8, 4) is 0 Å². The third-order valence-electron chi connectivity index (χ3n) is 5.78. The molecular formula is C26H20FN7O6. The van der Waals surface area contributed by atoms with Gasteiger partial charge in [-0.25, -0.2) is 9.82 Å². The number of nitrogens with zero attached hydrogens (tertiary/aromatic N) is 5. The van der Waals surface area contributed by atoms with Crippen molar-refractivity contribution in [3.63, 3.8) is 0 Å². The van der Waals surface area contributed by atoms with Crippen molar-refractivity contribution in [2.45, 2.75) is 13.5 Å². The number of amides is 1. The van der Waals surface area contributed by atoms with Gasteiger partial charge in [-0.3, -0.25) is 35.2 Å². The van der Waals surface area contributed by atoms with Crippen LogP contribution in [0, 0.1) is 26.0 Å². The van der Waals surface area contributed by atoms with Crippen LogP contribution < -0.4 is 16.3 Å². The number of anilines is 1. The molecule has 0 aliphatic carbocycles. The molecular weight excluding hydrogens is 525 g/mol. The Labute approximate surface area is 224 Å². The van der Waals surface area contributed by atoms with Gasteiger partial charge in [0.25, 0.3) is 17.3 Å². The number of nitrogens with one attached hydrogen (secondary N) is 2. The molecule has 0 aliphatic rings. The summed E-state index contributed by atoms with van der Waals surface area (Å²) in [5, 5.41) is 29.8. The maximum absolute atomic E-state index is 14.9. The van der Waals surface area contributed by atoms with Gasteiger partial charge in [-0.15, -0.1) is 0 Å². The van der Waals surface area contributed by atoms with Gasteiger partial charge in [0.1, 0.15) is 11.4 Å². The fourth-order valence-electron chi connectivity index (χ4n) is 3.84. The van der Waals surface area contributed by atoms with E-state index >= 15 is 0 Å². The number of aromatic nitrogens is 1. The zero-order chi connectivity index (χ0) is 28.8. The SMILES string of the molecule is CCn1cc(C(=O)N/N=C\c2ccccc2[N+](=O)[O-])c(=O)c2cc(F)c(N/N=C\c3ccccc3[N+](=O)[O-])cc21. The number of carbonyl (C=O) groups is 1. The fourth-order valence-corrected chi connectivity index (χ4v) is 3.84. The highest BCUT2D eigenvalue weighted by molar-refractivity contribution is 5.98. The number of hydrogen-bond acceptors (Lipinski definition) is 9. The second-order valence-corrected chi connectivity index (χ2v) is 8.21. The molecule has 0 unspecified atom stereocenters. The van der Waals surface area contributed by atoms with Crippen LogP contribution in [0.3, 0.4) is 0 Å². The van der Waals surface area contributed by atoms with E-state index in [1.54, 1.807) is 23.6 Å². The molecule has 202 valence electrons. The fraction of sp³-hybridized carbons (Fsp3) is 0.0769. The summed E-state index contributed by atoms with van der Waals surface area (Å²) in [6, 6.07) is 13.9. The Hall–Kier alpha value is -5.79. The highest BCUT2D eigenvalue weighted by atomic mass is 19.1. The Morgan fingerprint density at radius 1 is 0.975 bits per heavy atom. The van der Waals surface area contributed by atoms with Gasteiger partial charge in [0, 0.05) is 30.3 Å². The van der Waals surface area contributed by atoms with Gasteiger partial charge < -0.3 is 4.57 Å². The molecule has 0 saturated heterocycles. The summed E-state index contributed by atoms with van der Waals surface area (Å²) in [6.45, 7) is 2.06. The number of fused-ring (bicyclic) bond motifs is 1. The summed E-state index contributed by atoms with van der Waals surface area (Å²) in [6.07, 6.45) is 3.54. The van der Waals surface area contributed by atoms with Crippen molar-refractivity contribution in [1.82, 2.24) is 9.99 Å². The van der Waals surface area contributed by atoms with Gasteiger partial charge in [0.2, 0.25) is 5.43 Å². The average molecular weight is 545 g/mol. The molecule has 0 bridgehead atoms. The number of nitro benzene ring substituents is 2. The number of rotatable bonds is 9. The minimum absolute atomic E-state index is 0.0806. The lowest BCUT2D eigenvalue weighted by molar-refractivity contribution is -0.385. The Morgan fingerprint density at radius 3 is 2.12 bits per heavy atom. The smallest absolute Gasteiger partial charge is 0.278 e. The van der Waals surface area contributed by atoms with Crippen LogP contribution in [0.15, 0.2) is 81.9 Å². The lowest BCUT2D eigenvalue weighted by atomic mass is 10.1. The molecule has 0 atom stereocenters. The van der Waals surface area contributed by atoms with E-state index in [9.17, 15) is 34.2 Å². The molecule has 0 saturated carbocycles. The molecule has 1 heterocycles. The number of pyridine rings is 1. The molecule has 3 aromatic carbocycles. The van der Waals surface area contributed by atoms with Gasteiger partial charge in [0.05, 0.1) is 44.6 Å². The molecule has 1 amide bonds. The summed E-state index contributed by atoms with van der Waals surface area (Å²) in [7, 11) is 0. The highest BCUT2D eigenvalue weighted by Gasteiger charge is 2.18. The largest absolute Gasteiger partial charge is 0.347 e. The van der Waals surface area contributed by atoms with Crippen molar-refractivity contribution in [1.29, 1.82) is 0 Å². The Balaban J connectivity index is 1.61. The highest BCUT2D eigenvalue weighted by Crippen LogP contribution is 2.23.